The second-order valence-electron chi connectivity index (χ2n) is 3.90. The summed E-state index contributed by atoms with van der Waals surface area (Å²) in [6.45, 7) is 0.586. The van der Waals surface area contributed by atoms with Crippen LogP contribution in [0.4, 0.5) is 0 Å². The summed E-state index contributed by atoms with van der Waals surface area (Å²) < 4.78 is 0. The van der Waals surface area contributed by atoms with Crippen LogP contribution in [0.25, 0.3) is 0 Å². The van der Waals surface area contributed by atoms with Crippen molar-refractivity contribution in [1.82, 2.24) is 10.3 Å². The van der Waals surface area contributed by atoms with Crippen molar-refractivity contribution in [3.05, 3.63) is 24.0 Å². The number of amides is 1. The number of nitriles is 1. The van der Waals surface area contributed by atoms with Crippen molar-refractivity contribution in [3.63, 3.8) is 0 Å². The highest BCUT2D eigenvalue weighted by Gasteiger charge is 2.50. The molecule has 4 nitrogen and oxygen atoms in total. The Labute approximate surface area is 88.3 Å². The Bertz CT molecular complexity index is 384. The van der Waals surface area contributed by atoms with Gasteiger partial charge in [-0.1, -0.05) is 0 Å². The number of carbonyl (C=O) groups excluding carboxylic acids is 1. The molecule has 0 aromatic carbocycles. The SMILES string of the molecule is N#CC1(C(=O)NCCc2ccc[nH]2)CC1. The first kappa shape index (κ1) is 9.78. The minimum absolute atomic E-state index is 0.114. The maximum atomic E-state index is 11.5. The van der Waals surface area contributed by atoms with E-state index in [4.69, 9.17) is 5.26 Å². The topological polar surface area (TPSA) is 68.7 Å². The zero-order chi connectivity index (χ0) is 10.7. The smallest absolute Gasteiger partial charge is 0.240 e. The second-order valence-corrected chi connectivity index (χ2v) is 3.90. The van der Waals surface area contributed by atoms with Crippen molar-refractivity contribution in [2.24, 2.45) is 5.41 Å². The fourth-order valence-corrected chi connectivity index (χ4v) is 1.52. The summed E-state index contributed by atoms with van der Waals surface area (Å²) in [4.78, 5) is 14.6. The summed E-state index contributed by atoms with van der Waals surface area (Å²) in [6, 6.07) is 5.98. The van der Waals surface area contributed by atoms with Crippen LogP contribution in [0.15, 0.2) is 18.3 Å². The van der Waals surface area contributed by atoms with Gasteiger partial charge in [-0.2, -0.15) is 5.26 Å². The number of aromatic amines is 1. The summed E-state index contributed by atoms with van der Waals surface area (Å²) in [5, 5.41) is 11.6. The average molecular weight is 203 g/mol. The van der Waals surface area contributed by atoms with E-state index in [1.807, 2.05) is 18.3 Å². The van der Waals surface area contributed by atoms with Gasteiger partial charge in [0.25, 0.3) is 0 Å². The lowest BCUT2D eigenvalue weighted by atomic mass is 10.1. The minimum atomic E-state index is -0.699. The molecule has 0 unspecified atom stereocenters. The van der Waals surface area contributed by atoms with E-state index < -0.39 is 5.41 Å². The summed E-state index contributed by atoms with van der Waals surface area (Å²) in [5.74, 6) is -0.114. The van der Waals surface area contributed by atoms with Crippen LogP contribution in [-0.4, -0.2) is 17.4 Å². The van der Waals surface area contributed by atoms with Gasteiger partial charge in [0, 0.05) is 24.9 Å². The van der Waals surface area contributed by atoms with Crippen LogP contribution in [-0.2, 0) is 11.2 Å². The Morgan fingerprint density at radius 2 is 2.47 bits per heavy atom. The van der Waals surface area contributed by atoms with Crippen LogP contribution in [0.1, 0.15) is 18.5 Å². The van der Waals surface area contributed by atoms with Gasteiger partial charge in [0.15, 0.2) is 0 Å². The molecule has 1 aliphatic carbocycles. The Morgan fingerprint density at radius 3 is 3.00 bits per heavy atom. The highest BCUT2D eigenvalue weighted by atomic mass is 16.2. The molecule has 2 rings (SSSR count). The number of hydrogen-bond acceptors (Lipinski definition) is 2. The quantitative estimate of drug-likeness (QED) is 0.765. The molecule has 1 heterocycles. The molecule has 1 aromatic heterocycles. The van der Waals surface area contributed by atoms with Crippen LogP contribution >= 0.6 is 0 Å². The number of rotatable bonds is 4. The first-order valence-electron chi connectivity index (χ1n) is 5.09. The van der Waals surface area contributed by atoms with Gasteiger partial charge in [-0.3, -0.25) is 4.79 Å². The maximum absolute atomic E-state index is 11.5. The third-order valence-corrected chi connectivity index (χ3v) is 2.74. The van der Waals surface area contributed by atoms with Crippen molar-refractivity contribution >= 4 is 5.91 Å². The van der Waals surface area contributed by atoms with Crippen molar-refractivity contribution in [1.29, 1.82) is 5.26 Å². The van der Waals surface area contributed by atoms with E-state index in [-0.39, 0.29) is 5.91 Å². The minimum Gasteiger partial charge on any atom is -0.365 e. The molecule has 0 spiro atoms. The molecule has 0 radical (unpaired) electrons. The normalized spacial score (nSPS) is 16.7. The van der Waals surface area contributed by atoms with E-state index >= 15 is 0 Å². The number of H-pyrrole nitrogens is 1. The number of hydrogen-bond donors (Lipinski definition) is 2. The summed E-state index contributed by atoms with van der Waals surface area (Å²) in [6.07, 6.45) is 4.05. The molecule has 0 aliphatic heterocycles. The van der Waals surface area contributed by atoms with Gasteiger partial charge < -0.3 is 10.3 Å². The fourth-order valence-electron chi connectivity index (χ4n) is 1.52. The zero-order valence-corrected chi connectivity index (χ0v) is 8.42. The van der Waals surface area contributed by atoms with Gasteiger partial charge in [-0.25, -0.2) is 0 Å². The molecule has 1 saturated carbocycles. The highest BCUT2D eigenvalue weighted by molar-refractivity contribution is 5.88. The Morgan fingerprint density at radius 1 is 1.67 bits per heavy atom. The molecular weight excluding hydrogens is 190 g/mol. The summed E-state index contributed by atoms with van der Waals surface area (Å²) in [7, 11) is 0. The number of nitrogens with one attached hydrogen (secondary N) is 2. The van der Waals surface area contributed by atoms with Gasteiger partial charge in [0.1, 0.15) is 5.41 Å². The lowest BCUT2D eigenvalue weighted by Gasteiger charge is -2.06. The molecule has 2 N–H and O–H groups in total. The number of aromatic nitrogens is 1. The Kier molecular flexibility index (Phi) is 2.46. The molecule has 78 valence electrons. The Balaban J connectivity index is 1.75. The maximum Gasteiger partial charge on any atom is 0.240 e. The molecule has 1 aliphatic rings. The molecule has 4 heteroatoms. The Hall–Kier alpha value is -1.76. The average Bonchev–Trinajstić information content (AvgIpc) is 2.90. The van der Waals surface area contributed by atoms with Gasteiger partial charge in [-0.15, -0.1) is 0 Å². The molecule has 0 atom stereocenters. The van der Waals surface area contributed by atoms with Crippen molar-refractivity contribution in [2.45, 2.75) is 19.3 Å². The number of carbonyl (C=O) groups is 1. The van der Waals surface area contributed by atoms with Crippen LogP contribution in [0.3, 0.4) is 0 Å². The van der Waals surface area contributed by atoms with Gasteiger partial charge in [0.05, 0.1) is 6.07 Å². The van der Waals surface area contributed by atoms with Crippen molar-refractivity contribution in [2.75, 3.05) is 6.54 Å². The zero-order valence-electron chi connectivity index (χ0n) is 8.42. The predicted molar refractivity (Wildman–Crippen MR) is 54.8 cm³/mol. The summed E-state index contributed by atoms with van der Waals surface area (Å²) in [5.41, 5.74) is 0.396. The molecular formula is C11H13N3O. The molecule has 1 fully saturated rings. The van der Waals surface area contributed by atoms with Crippen LogP contribution in [0.5, 0.6) is 0 Å². The number of nitrogens with zero attached hydrogens (tertiary/aromatic N) is 1. The van der Waals surface area contributed by atoms with Crippen LogP contribution in [0, 0.1) is 16.7 Å². The molecule has 15 heavy (non-hydrogen) atoms. The standard InChI is InChI=1S/C11H13N3O/c12-8-11(4-5-11)10(15)14-7-3-9-2-1-6-13-9/h1-2,6,13H,3-5,7H2,(H,14,15). The molecule has 0 saturated heterocycles. The largest absolute Gasteiger partial charge is 0.365 e. The molecule has 1 amide bonds. The van der Waals surface area contributed by atoms with E-state index in [1.165, 1.54) is 0 Å². The van der Waals surface area contributed by atoms with E-state index in [0.717, 1.165) is 12.1 Å². The first-order valence-corrected chi connectivity index (χ1v) is 5.09. The first-order chi connectivity index (χ1) is 7.27. The summed E-state index contributed by atoms with van der Waals surface area (Å²) >= 11 is 0. The van der Waals surface area contributed by atoms with E-state index in [0.29, 0.717) is 19.4 Å². The predicted octanol–water partition coefficient (Wildman–Crippen LogP) is 0.977. The third kappa shape index (κ3) is 2.01. The van der Waals surface area contributed by atoms with Gasteiger partial charge in [-0.05, 0) is 25.0 Å². The van der Waals surface area contributed by atoms with E-state index in [2.05, 4.69) is 16.4 Å². The molecule has 0 bridgehead atoms. The van der Waals surface area contributed by atoms with E-state index in [9.17, 15) is 4.79 Å². The van der Waals surface area contributed by atoms with Crippen molar-refractivity contribution in [3.8, 4) is 6.07 Å². The lowest BCUT2D eigenvalue weighted by molar-refractivity contribution is -0.124. The van der Waals surface area contributed by atoms with Gasteiger partial charge in [0.2, 0.25) is 5.91 Å². The van der Waals surface area contributed by atoms with Crippen LogP contribution < -0.4 is 5.32 Å². The monoisotopic (exact) mass is 203 g/mol. The van der Waals surface area contributed by atoms with Gasteiger partial charge >= 0.3 is 0 Å². The molecule has 1 aromatic rings. The highest BCUT2D eigenvalue weighted by Crippen LogP contribution is 2.44. The third-order valence-electron chi connectivity index (χ3n) is 2.74. The second kappa shape index (κ2) is 3.77. The van der Waals surface area contributed by atoms with Crippen LogP contribution in [0.2, 0.25) is 0 Å². The lowest BCUT2D eigenvalue weighted by Crippen LogP contribution is -2.32. The van der Waals surface area contributed by atoms with Crippen molar-refractivity contribution < 1.29 is 4.79 Å². The van der Waals surface area contributed by atoms with E-state index in [1.54, 1.807) is 0 Å². The fraction of sp³-hybridized carbons (Fsp3) is 0.455.